The lowest BCUT2D eigenvalue weighted by atomic mass is 10.3. The smallest absolute Gasteiger partial charge is 0.298 e. The van der Waals surface area contributed by atoms with Crippen LogP contribution in [0.15, 0.2) is 22.7 Å². The summed E-state index contributed by atoms with van der Waals surface area (Å²) in [6.45, 7) is 0. The Kier molecular flexibility index (Phi) is 3.95. The summed E-state index contributed by atoms with van der Waals surface area (Å²) >= 11 is 3.23. The Labute approximate surface area is 97.1 Å². The summed E-state index contributed by atoms with van der Waals surface area (Å²) in [5, 5.41) is 0. The number of hydrogen-bond acceptors (Lipinski definition) is 3. The molecule has 1 rings (SSSR count). The van der Waals surface area contributed by atoms with Gasteiger partial charge < -0.3 is 4.74 Å². The van der Waals surface area contributed by atoms with Gasteiger partial charge in [0.15, 0.2) is 0 Å². The van der Waals surface area contributed by atoms with Crippen LogP contribution in [0.1, 0.15) is 0 Å². The maximum atomic E-state index is 11.2. The summed E-state index contributed by atoms with van der Waals surface area (Å²) in [7, 11) is -0.662. The molecule has 0 aliphatic carbocycles. The van der Waals surface area contributed by atoms with E-state index in [0.717, 1.165) is 0 Å². The van der Waals surface area contributed by atoms with Crippen molar-refractivity contribution in [1.29, 1.82) is 0 Å². The zero-order valence-electron chi connectivity index (χ0n) is 8.24. The first-order chi connectivity index (χ1) is 6.98. The lowest BCUT2D eigenvalue weighted by molar-refractivity contribution is 0.415. The number of anilines is 1. The molecule has 0 spiro atoms. The standard InChI is InChI=1S/C8H11BrN2O3S/c1-10-15(12,13)11-8-5-6(14-2)3-4-7(8)9/h3-5,10-11H,1-2H3. The summed E-state index contributed by atoms with van der Waals surface area (Å²) in [6.07, 6.45) is 0. The monoisotopic (exact) mass is 294 g/mol. The van der Waals surface area contributed by atoms with Crippen LogP contribution in [0.2, 0.25) is 0 Å². The van der Waals surface area contributed by atoms with E-state index in [1.54, 1.807) is 18.2 Å². The van der Waals surface area contributed by atoms with Crippen molar-refractivity contribution in [1.82, 2.24) is 4.72 Å². The van der Waals surface area contributed by atoms with Gasteiger partial charge in [0.05, 0.1) is 12.8 Å². The molecule has 0 atom stereocenters. The molecule has 0 unspecified atom stereocenters. The summed E-state index contributed by atoms with van der Waals surface area (Å²) in [6, 6.07) is 5.01. The Morgan fingerprint density at radius 1 is 1.40 bits per heavy atom. The predicted molar refractivity (Wildman–Crippen MR) is 62.3 cm³/mol. The highest BCUT2D eigenvalue weighted by Gasteiger charge is 2.09. The fourth-order valence-electron chi connectivity index (χ4n) is 0.905. The normalized spacial score (nSPS) is 11.1. The first-order valence-corrected chi connectivity index (χ1v) is 6.31. The van der Waals surface area contributed by atoms with Gasteiger partial charge in [-0.2, -0.15) is 8.42 Å². The van der Waals surface area contributed by atoms with Gasteiger partial charge in [0.1, 0.15) is 5.75 Å². The van der Waals surface area contributed by atoms with Crippen LogP contribution in [0, 0.1) is 0 Å². The van der Waals surface area contributed by atoms with Crippen molar-refractivity contribution in [2.24, 2.45) is 0 Å². The number of ether oxygens (including phenoxy) is 1. The second-order valence-electron chi connectivity index (χ2n) is 2.66. The van der Waals surface area contributed by atoms with E-state index < -0.39 is 10.2 Å². The second-order valence-corrected chi connectivity index (χ2v) is 5.13. The molecule has 0 bridgehead atoms. The number of rotatable bonds is 4. The molecule has 0 aliphatic heterocycles. The number of benzene rings is 1. The van der Waals surface area contributed by atoms with Crippen molar-refractivity contribution < 1.29 is 13.2 Å². The molecule has 0 radical (unpaired) electrons. The van der Waals surface area contributed by atoms with Crippen LogP contribution in [-0.4, -0.2) is 22.6 Å². The summed E-state index contributed by atoms with van der Waals surface area (Å²) in [5.41, 5.74) is 0.420. The molecule has 1 aromatic carbocycles. The first kappa shape index (κ1) is 12.3. The van der Waals surface area contributed by atoms with Gasteiger partial charge in [-0.1, -0.05) is 0 Å². The molecule has 0 heterocycles. The van der Waals surface area contributed by atoms with E-state index in [1.807, 2.05) is 0 Å². The van der Waals surface area contributed by atoms with Crippen molar-refractivity contribution in [3.8, 4) is 5.75 Å². The van der Waals surface area contributed by atoms with Gasteiger partial charge in [-0.05, 0) is 28.1 Å². The predicted octanol–water partition coefficient (Wildman–Crippen LogP) is 1.33. The van der Waals surface area contributed by atoms with Crippen LogP contribution >= 0.6 is 15.9 Å². The van der Waals surface area contributed by atoms with Crippen molar-refractivity contribution in [3.05, 3.63) is 22.7 Å². The van der Waals surface area contributed by atoms with Gasteiger partial charge >= 0.3 is 0 Å². The molecular formula is C8H11BrN2O3S. The van der Waals surface area contributed by atoms with Crippen LogP contribution in [0.5, 0.6) is 5.75 Å². The van der Waals surface area contributed by atoms with Gasteiger partial charge in [-0.25, -0.2) is 4.72 Å². The van der Waals surface area contributed by atoms with Gasteiger partial charge in [-0.3, -0.25) is 4.72 Å². The van der Waals surface area contributed by atoms with E-state index in [0.29, 0.717) is 15.9 Å². The van der Waals surface area contributed by atoms with Gasteiger partial charge in [0, 0.05) is 17.6 Å². The zero-order chi connectivity index (χ0) is 11.5. The Morgan fingerprint density at radius 3 is 2.60 bits per heavy atom. The Bertz CT molecular complexity index is 447. The molecule has 1 aromatic rings. The molecule has 15 heavy (non-hydrogen) atoms. The van der Waals surface area contributed by atoms with Gasteiger partial charge in [0.25, 0.3) is 10.2 Å². The highest BCUT2D eigenvalue weighted by molar-refractivity contribution is 9.10. The third kappa shape index (κ3) is 3.37. The van der Waals surface area contributed by atoms with Crippen molar-refractivity contribution in [3.63, 3.8) is 0 Å². The van der Waals surface area contributed by atoms with Crippen molar-refractivity contribution in [2.45, 2.75) is 0 Å². The minimum absolute atomic E-state index is 0.420. The quantitative estimate of drug-likeness (QED) is 0.880. The fourth-order valence-corrected chi connectivity index (χ4v) is 1.94. The molecule has 0 saturated carbocycles. The minimum Gasteiger partial charge on any atom is -0.497 e. The van der Waals surface area contributed by atoms with Crippen molar-refractivity contribution >= 4 is 31.8 Å². The SMILES string of the molecule is CNS(=O)(=O)Nc1cc(OC)ccc1Br. The summed E-state index contributed by atoms with van der Waals surface area (Å²) < 4.78 is 32.6. The lowest BCUT2D eigenvalue weighted by Crippen LogP contribution is -2.26. The van der Waals surface area contributed by atoms with E-state index in [-0.39, 0.29) is 0 Å². The summed E-state index contributed by atoms with van der Waals surface area (Å²) in [4.78, 5) is 0. The highest BCUT2D eigenvalue weighted by Crippen LogP contribution is 2.27. The maximum absolute atomic E-state index is 11.2. The average Bonchev–Trinajstić information content (AvgIpc) is 2.21. The largest absolute Gasteiger partial charge is 0.497 e. The molecule has 0 fully saturated rings. The molecule has 5 nitrogen and oxygen atoms in total. The fraction of sp³-hybridized carbons (Fsp3) is 0.250. The average molecular weight is 295 g/mol. The molecule has 0 aliphatic rings. The van der Waals surface area contributed by atoms with Crippen LogP contribution in [0.3, 0.4) is 0 Å². The molecule has 0 aromatic heterocycles. The number of nitrogens with one attached hydrogen (secondary N) is 2. The number of hydrogen-bond donors (Lipinski definition) is 2. The van der Waals surface area contributed by atoms with Crippen LogP contribution in [0.25, 0.3) is 0 Å². The van der Waals surface area contributed by atoms with Crippen LogP contribution < -0.4 is 14.2 Å². The number of methoxy groups -OCH3 is 1. The third-order valence-corrected chi connectivity index (χ3v) is 3.40. The zero-order valence-corrected chi connectivity index (χ0v) is 10.6. The Morgan fingerprint density at radius 2 is 2.07 bits per heavy atom. The van der Waals surface area contributed by atoms with Gasteiger partial charge in [-0.15, -0.1) is 0 Å². The second kappa shape index (κ2) is 4.82. The van der Waals surface area contributed by atoms with E-state index in [9.17, 15) is 8.42 Å². The Balaban J connectivity index is 3.04. The lowest BCUT2D eigenvalue weighted by Gasteiger charge is -2.09. The summed E-state index contributed by atoms with van der Waals surface area (Å²) in [5.74, 6) is 0.576. The molecule has 2 N–H and O–H groups in total. The third-order valence-electron chi connectivity index (χ3n) is 1.69. The van der Waals surface area contributed by atoms with E-state index in [1.165, 1.54) is 14.2 Å². The molecule has 0 saturated heterocycles. The molecule has 84 valence electrons. The molecule has 7 heteroatoms. The topological polar surface area (TPSA) is 67.4 Å². The molecule has 0 amide bonds. The number of halogens is 1. The van der Waals surface area contributed by atoms with Crippen LogP contribution in [0.4, 0.5) is 5.69 Å². The minimum atomic E-state index is -3.51. The van der Waals surface area contributed by atoms with E-state index in [4.69, 9.17) is 4.74 Å². The van der Waals surface area contributed by atoms with Crippen molar-refractivity contribution in [2.75, 3.05) is 18.9 Å². The first-order valence-electron chi connectivity index (χ1n) is 4.03. The maximum Gasteiger partial charge on any atom is 0.298 e. The van der Waals surface area contributed by atoms with Gasteiger partial charge in [0.2, 0.25) is 0 Å². The van der Waals surface area contributed by atoms with E-state index >= 15 is 0 Å². The Hall–Kier alpha value is -0.790. The van der Waals surface area contributed by atoms with Crippen LogP contribution in [-0.2, 0) is 10.2 Å². The highest BCUT2D eigenvalue weighted by atomic mass is 79.9. The molecular weight excluding hydrogens is 284 g/mol. The van der Waals surface area contributed by atoms with E-state index in [2.05, 4.69) is 25.4 Å².